The van der Waals surface area contributed by atoms with E-state index < -0.39 is 0 Å². The Balaban J connectivity index is 0.00000289. The number of hydrogen-bond donors (Lipinski definition) is 1. The third-order valence-corrected chi connectivity index (χ3v) is 2.94. The summed E-state index contributed by atoms with van der Waals surface area (Å²) < 4.78 is 2.08. The molecule has 3 N–H and O–H groups in total. The van der Waals surface area contributed by atoms with Gasteiger partial charge in [-0.1, -0.05) is 32.6 Å². The summed E-state index contributed by atoms with van der Waals surface area (Å²) in [6.45, 7) is 5.10. The quantitative estimate of drug-likeness (QED) is 0.754. The van der Waals surface area contributed by atoms with Gasteiger partial charge in [0.25, 0.3) is 5.56 Å². The van der Waals surface area contributed by atoms with Gasteiger partial charge in [-0.2, -0.15) is 4.98 Å². The van der Waals surface area contributed by atoms with Gasteiger partial charge in [-0.15, -0.1) is 0 Å². The predicted octanol–water partition coefficient (Wildman–Crippen LogP) is 1.74. The first kappa shape index (κ1) is 16.6. The predicted molar refractivity (Wildman–Crippen MR) is 75.2 cm³/mol. The summed E-state index contributed by atoms with van der Waals surface area (Å²) in [5.74, 6) is 0.672. The van der Waals surface area contributed by atoms with Crippen LogP contribution in [0.5, 0.6) is 0 Å². The van der Waals surface area contributed by atoms with E-state index in [4.69, 9.17) is 0 Å². The molecule has 1 aromatic heterocycles. The van der Waals surface area contributed by atoms with Gasteiger partial charge in [-0.3, -0.25) is 4.79 Å². The summed E-state index contributed by atoms with van der Waals surface area (Å²) >= 11 is 0. The zero-order valence-corrected chi connectivity index (χ0v) is 11.6. The fraction of sp³-hybridized carbons (Fsp3) is 0.692. The van der Waals surface area contributed by atoms with E-state index in [1.807, 2.05) is 6.92 Å². The normalized spacial score (nSPS) is 9.94. The Morgan fingerprint density at radius 3 is 2.56 bits per heavy atom. The molecule has 104 valence electrons. The van der Waals surface area contributed by atoms with Crippen molar-refractivity contribution < 1.29 is 5.48 Å². The van der Waals surface area contributed by atoms with Crippen LogP contribution in [0, 0.1) is 6.92 Å². The van der Waals surface area contributed by atoms with Crippen molar-refractivity contribution in [1.82, 2.24) is 9.55 Å². The van der Waals surface area contributed by atoms with Crippen LogP contribution in [-0.4, -0.2) is 22.1 Å². The second-order valence-electron chi connectivity index (χ2n) is 4.38. The second kappa shape index (κ2) is 8.69. The van der Waals surface area contributed by atoms with Gasteiger partial charge >= 0.3 is 0 Å². The van der Waals surface area contributed by atoms with Gasteiger partial charge in [0.1, 0.15) is 0 Å². The van der Waals surface area contributed by atoms with Crippen molar-refractivity contribution in [2.24, 2.45) is 0 Å². The Morgan fingerprint density at radius 2 is 1.94 bits per heavy atom. The summed E-state index contributed by atoms with van der Waals surface area (Å²) in [5, 5.41) is 2.98. The molecule has 5 nitrogen and oxygen atoms in total. The lowest BCUT2D eigenvalue weighted by molar-refractivity contribution is 0.557. The largest absolute Gasteiger partial charge is 0.412 e. The first-order chi connectivity index (χ1) is 8.19. The first-order valence-electron chi connectivity index (χ1n) is 6.45. The van der Waals surface area contributed by atoms with Crippen molar-refractivity contribution in [3.63, 3.8) is 0 Å². The molecule has 0 radical (unpaired) electrons. The van der Waals surface area contributed by atoms with E-state index in [1.54, 1.807) is 13.1 Å². The summed E-state index contributed by atoms with van der Waals surface area (Å²) in [6, 6.07) is 1.59. The van der Waals surface area contributed by atoms with Crippen molar-refractivity contribution in [3.05, 3.63) is 22.1 Å². The maximum Gasteiger partial charge on any atom is 0.274 e. The van der Waals surface area contributed by atoms with Crippen molar-refractivity contribution >= 4 is 5.95 Å². The van der Waals surface area contributed by atoms with Crippen LogP contribution in [0.2, 0.25) is 0 Å². The zero-order chi connectivity index (χ0) is 12.7. The minimum Gasteiger partial charge on any atom is -0.412 e. The first-order valence-corrected chi connectivity index (χ1v) is 6.45. The summed E-state index contributed by atoms with van der Waals surface area (Å²) in [7, 11) is 1.80. The molecule has 0 aliphatic carbocycles. The minimum atomic E-state index is -0.172. The molecule has 18 heavy (non-hydrogen) atoms. The van der Waals surface area contributed by atoms with Crippen LogP contribution >= 0.6 is 0 Å². The number of hydrogen-bond acceptors (Lipinski definition) is 3. The molecule has 1 aromatic rings. The number of rotatable bonds is 7. The minimum absolute atomic E-state index is 0. The standard InChI is InChI=1S/C13H23N3O.H2O/c1-4-5-6-7-8-9-16-11(2)10-12(17)15-13(16)14-3;/h10H,4-9H2,1-3H3,(H,14,15,17);1H2. The Morgan fingerprint density at radius 1 is 1.28 bits per heavy atom. The van der Waals surface area contributed by atoms with Crippen LogP contribution in [-0.2, 0) is 6.54 Å². The summed E-state index contributed by atoms with van der Waals surface area (Å²) in [5.41, 5.74) is 0.805. The molecule has 0 saturated carbocycles. The van der Waals surface area contributed by atoms with E-state index in [0.29, 0.717) is 5.95 Å². The fourth-order valence-corrected chi connectivity index (χ4v) is 1.97. The Bertz CT molecular complexity index is 402. The van der Waals surface area contributed by atoms with Crippen molar-refractivity contribution in [2.75, 3.05) is 12.4 Å². The molecular weight excluding hydrogens is 230 g/mol. The Kier molecular flexibility index (Phi) is 8.03. The average molecular weight is 255 g/mol. The molecule has 5 heteroatoms. The van der Waals surface area contributed by atoms with Gasteiger partial charge in [-0.05, 0) is 13.3 Å². The molecule has 1 rings (SSSR count). The van der Waals surface area contributed by atoms with E-state index in [-0.39, 0.29) is 11.0 Å². The highest BCUT2D eigenvalue weighted by atomic mass is 16.1. The molecule has 0 atom stereocenters. The summed E-state index contributed by atoms with van der Waals surface area (Å²) in [6.07, 6.45) is 6.24. The molecule has 0 amide bonds. The van der Waals surface area contributed by atoms with Gasteiger partial charge in [0, 0.05) is 25.4 Å². The van der Waals surface area contributed by atoms with Crippen LogP contribution in [0.1, 0.15) is 44.7 Å². The summed E-state index contributed by atoms with van der Waals surface area (Å²) in [4.78, 5) is 15.2. The average Bonchev–Trinajstić information content (AvgIpc) is 2.30. The number of unbranched alkanes of at least 4 members (excludes halogenated alkanes) is 4. The van der Waals surface area contributed by atoms with Crippen LogP contribution in [0.15, 0.2) is 10.9 Å². The van der Waals surface area contributed by atoms with E-state index in [2.05, 4.69) is 21.8 Å². The number of nitrogens with one attached hydrogen (secondary N) is 1. The van der Waals surface area contributed by atoms with Gasteiger partial charge in [0.15, 0.2) is 0 Å². The lowest BCUT2D eigenvalue weighted by atomic mass is 10.1. The third kappa shape index (κ3) is 4.87. The van der Waals surface area contributed by atoms with Crippen LogP contribution in [0.4, 0.5) is 5.95 Å². The molecule has 0 bridgehead atoms. The lowest BCUT2D eigenvalue weighted by Gasteiger charge is -2.14. The third-order valence-electron chi connectivity index (χ3n) is 2.94. The molecule has 1 heterocycles. The van der Waals surface area contributed by atoms with Crippen LogP contribution < -0.4 is 10.9 Å². The van der Waals surface area contributed by atoms with Gasteiger partial charge in [-0.25, -0.2) is 0 Å². The highest BCUT2D eigenvalue weighted by Gasteiger charge is 2.04. The van der Waals surface area contributed by atoms with E-state index >= 15 is 0 Å². The van der Waals surface area contributed by atoms with Crippen molar-refractivity contribution in [3.8, 4) is 0 Å². The number of aromatic nitrogens is 2. The molecular formula is C13H25N3O2. The monoisotopic (exact) mass is 255 g/mol. The molecule has 0 unspecified atom stereocenters. The van der Waals surface area contributed by atoms with Crippen molar-refractivity contribution in [1.29, 1.82) is 0 Å². The van der Waals surface area contributed by atoms with Crippen LogP contribution in [0.3, 0.4) is 0 Å². The van der Waals surface area contributed by atoms with E-state index in [1.165, 1.54) is 25.7 Å². The maximum absolute atomic E-state index is 11.3. The molecule has 0 aliphatic rings. The maximum atomic E-state index is 11.3. The van der Waals surface area contributed by atoms with E-state index in [0.717, 1.165) is 18.7 Å². The lowest BCUT2D eigenvalue weighted by Crippen LogP contribution is -2.18. The molecule has 0 aliphatic heterocycles. The topological polar surface area (TPSA) is 78.4 Å². The van der Waals surface area contributed by atoms with Crippen LogP contribution in [0.25, 0.3) is 0 Å². The number of aryl methyl sites for hydroxylation is 1. The number of nitrogens with zero attached hydrogens (tertiary/aromatic N) is 2. The fourth-order valence-electron chi connectivity index (χ4n) is 1.97. The Labute approximate surface area is 109 Å². The van der Waals surface area contributed by atoms with Gasteiger partial charge < -0.3 is 15.4 Å². The highest BCUT2D eigenvalue weighted by Crippen LogP contribution is 2.09. The smallest absolute Gasteiger partial charge is 0.274 e. The van der Waals surface area contributed by atoms with E-state index in [9.17, 15) is 4.79 Å². The molecule has 0 aromatic carbocycles. The highest BCUT2D eigenvalue weighted by molar-refractivity contribution is 5.26. The van der Waals surface area contributed by atoms with Gasteiger partial charge in [0.05, 0.1) is 0 Å². The molecule has 0 fully saturated rings. The Hall–Kier alpha value is -1.36. The molecule has 0 saturated heterocycles. The van der Waals surface area contributed by atoms with Gasteiger partial charge in [0.2, 0.25) is 5.95 Å². The molecule has 0 spiro atoms. The zero-order valence-electron chi connectivity index (χ0n) is 11.6. The SMILES string of the molecule is CCCCCCCn1c(C)cc(=O)nc1NC.O. The van der Waals surface area contributed by atoms with Crippen molar-refractivity contribution in [2.45, 2.75) is 52.5 Å². The second-order valence-corrected chi connectivity index (χ2v) is 4.38. The number of anilines is 1.